The van der Waals surface area contributed by atoms with Gasteiger partial charge in [-0.15, -0.1) is 11.3 Å². The fourth-order valence-electron chi connectivity index (χ4n) is 3.10. The van der Waals surface area contributed by atoms with Crippen LogP contribution in [0.25, 0.3) is 10.6 Å². The van der Waals surface area contributed by atoms with Crippen LogP contribution < -0.4 is 4.74 Å². The molecule has 31 heavy (non-hydrogen) atoms. The Morgan fingerprint density at radius 2 is 2.06 bits per heavy atom. The summed E-state index contributed by atoms with van der Waals surface area (Å²) < 4.78 is 18.5. The first-order valence-corrected chi connectivity index (χ1v) is 11.4. The van der Waals surface area contributed by atoms with Gasteiger partial charge in [-0.3, -0.25) is 4.68 Å². The Balaban J connectivity index is 1.60. The largest absolute Gasteiger partial charge is 0.490 e. The van der Waals surface area contributed by atoms with E-state index in [2.05, 4.69) is 0 Å². The molecule has 8 heteroatoms. The Labute approximate surface area is 190 Å². The number of esters is 1. The molecule has 164 valence electrons. The van der Waals surface area contributed by atoms with Crippen molar-refractivity contribution in [3.8, 4) is 16.3 Å². The van der Waals surface area contributed by atoms with Crippen LogP contribution in [0.5, 0.6) is 5.75 Å². The van der Waals surface area contributed by atoms with Gasteiger partial charge in [0, 0.05) is 16.5 Å². The molecular formula is C23H25ClN2O4S. The zero-order valence-corrected chi connectivity index (χ0v) is 19.3. The van der Waals surface area contributed by atoms with E-state index in [1.165, 1.54) is 7.11 Å². The van der Waals surface area contributed by atoms with Gasteiger partial charge in [0.15, 0.2) is 5.60 Å². The molecular weight excluding hydrogens is 436 g/mol. The van der Waals surface area contributed by atoms with E-state index in [-0.39, 0.29) is 6.61 Å². The second kappa shape index (κ2) is 9.02. The van der Waals surface area contributed by atoms with Crippen molar-refractivity contribution in [1.29, 1.82) is 0 Å². The highest BCUT2D eigenvalue weighted by Gasteiger charge is 2.30. The first-order valence-electron chi connectivity index (χ1n) is 10.1. The van der Waals surface area contributed by atoms with Crippen LogP contribution in [0, 0.1) is 0 Å². The maximum atomic E-state index is 11.9. The number of nitrogens with zero attached hydrogens (tertiary/aromatic N) is 2. The van der Waals surface area contributed by atoms with Crippen LogP contribution in [0.4, 0.5) is 0 Å². The van der Waals surface area contributed by atoms with Crippen molar-refractivity contribution < 1.29 is 19.0 Å². The Morgan fingerprint density at radius 3 is 2.77 bits per heavy atom. The van der Waals surface area contributed by atoms with Crippen molar-refractivity contribution in [3.63, 3.8) is 0 Å². The molecule has 1 saturated carbocycles. The monoisotopic (exact) mass is 460 g/mol. The highest BCUT2D eigenvalue weighted by atomic mass is 35.5. The van der Waals surface area contributed by atoms with Gasteiger partial charge >= 0.3 is 5.97 Å². The predicted molar refractivity (Wildman–Crippen MR) is 121 cm³/mol. The normalized spacial score (nSPS) is 13.9. The van der Waals surface area contributed by atoms with Crippen molar-refractivity contribution in [3.05, 3.63) is 58.1 Å². The van der Waals surface area contributed by atoms with Crippen LogP contribution >= 0.6 is 22.9 Å². The van der Waals surface area contributed by atoms with Crippen LogP contribution in [-0.4, -0.2) is 34.6 Å². The van der Waals surface area contributed by atoms with Gasteiger partial charge in [-0.1, -0.05) is 29.8 Å². The van der Waals surface area contributed by atoms with Gasteiger partial charge in [-0.25, -0.2) is 4.79 Å². The van der Waals surface area contributed by atoms with Crippen LogP contribution in [0.15, 0.2) is 41.8 Å². The molecule has 0 N–H and O–H groups in total. The summed E-state index contributed by atoms with van der Waals surface area (Å²) in [6.45, 7) is 4.07. The average molecular weight is 461 g/mol. The van der Waals surface area contributed by atoms with Crippen LogP contribution in [0.3, 0.4) is 0 Å². The fraction of sp³-hybridized carbons (Fsp3) is 0.391. The average Bonchev–Trinajstić information content (AvgIpc) is 3.29. The lowest BCUT2D eigenvalue weighted by molar-refractivity contribution is -0.166. The van der Waals surface area contributed by atoms with E-state index in [9.17, 15) is 4.79 Å². The summed E-state index contributed by atoms with van der Waals surface area (Å²) >= 11 is 8.00. The Hall–Kier alpha value is -2.35. The van der Waals surface area contributed by atoms with Gasteiger partial charge in [0.25, 0.3) is 0 Å². The van der Waals surface area contributed by atoms with Crippen LogP contribution in [0.2, 0.25) is 5.02 Å². The summed E-state index contributed by atoms with van der Waals surface area (Å²) in [5.74, 6) is 0.459. The highest BCUT2D eigenvalue weighted by Crippen LogP contribution is 2.35. The van der Waals surface area contributed by atoms with Gasteiger partial charge in [-0.05, 0) is 44.4 Å². The minimum absolute atomic E-state index is 0.182. The maximum Gasteiger partial charge on any atom is 0.337 e. The third-order valence-corrected chi connectivity index (χ3v) is 6.32. The van der Waals surface area contributed by atoms with Crippen LogP contribution in [-0.2, 0) is 27.4 Å². The molecule has 6 nitrogen and oxygen atoms in total. The van der Waals surface area contributed by atoms with Crippen molar-refractivity contribution in [2.75, 3.05) is 7.11 Å². The number of thiophene rings is 1. The standard InChI is InChI=1S/C23H25ClN2O4S/c1-23(2,22(27)28-3)29-13-16-10-20(21-11-18(14-31-21)30-17-8-9-17)26(25-16)12-15-6-4-5-7-19(15)24/h4-7,10-11,14,17H,8-9,12-13H2,1-3H3. The fourth-order valence-corrected chi connectivity index (χ4v) is 4.13. The van der Waals surface area contributed by atoms with E-state index in [0.29, 0.717) is 17.7 Å². The first-order chi connectivity index (χ1) is 14.9. The molecule has 0 saturated heterocycles. The Morgan fingerprint density at radius 1 is 1.29 bits per heavy atom. The van der Waals surface area contributed by atoms with Crippen molar-refractivity contribution in [2.24, 2.45) is 0 Å². The lowest BCUT2D eigenvalue weighted by Gasteiger charge is -2.21. The Bertz CT molecular complexity index is 1070. The summed E-state index contributed by atoms with van der Waals surface area (Å²) in [5, 5.41) is 7.46. The molecule has 1 aliphatic rings. The second-order valence-electron chi connectivity index (χ2n) is 8.02. The number of hydrogen-bond donors (Lipinski definition) is 0. The van der Waals surface area contributed by atoms with E-state index < -0.39 is 11.6 Å². The molecule has 0 bridgehead atoms. The SMILES string of the molecule is COC(=O)C(C)(C)OCc1cc(-c2cc(OC3CC3)cs2)n(Cc2ccccc2Cl)n1. The molecule has 2 heterocycles. The molecule has 0 spiro atoms. The minimum atomic E-state index is -1.06. The summed E-state index contributed by atoms with van der Waals surface area (Å²) in [7, 11) is 1.35. The quantitative estimate of drug-likeness (QED) is 0.404. The van der Waals surface area contributed by atoms with Crippen LogP contribution in [0.1, 0.15) is 37.9 Å². The van der Waals surface area contributed by atoms with Crippen molar-refractivity contribution in [1.82, 2.24) is 9.78 Å². The number of rotatable bonds is 9. The third-order valence-electron chi connectivity index (χ3n) is 5.02. The molecule has 0 atom stereocenters. The zero-order valence-electron chi connectivity index (χ0n) is 17.8. The number of benzene rings is 1. The van der Waals surface area contributed by atoms with E-state index >= 15 is 0 Å². The number of aromatic nitrogens is 2. The molecule has 0 radical (unpaired) electrons. The lowest BCUT2D eigenvalue weighted by atomic mass is 10.1. The van der Waals surface area contributed by atoms with E-state index in [1.807, 2.05) is 46.5 Å². The molecule has 3 aromatic rings. The molecule has 0 unspecified atom stereocenters. The van der Waals surface area contributed by atoms with E-state index in [4.69, 9.17) is 30.9 Å². The number of ether oxygens (including phenoxy) is 3. The Kier molecular flexibility index (Phi) is 6.36. The predicted octanol–water partition coefficient (Wildman–Crippen LogP) is 5.32. The molecule has 2 aromatic heterocycles. The summed E-state index contributed by atoms with van der Waals surface area (Å²) in [4.78, 5) is 13.0. The smallest absolute Gasteiger partial charge is 0.337 e. The number of carbonyl (C=O) groups excluding carboxylic acids is 1. The van der Waals surface area contributed by atoms with Gasteiger partial charge < -0.3 is 14.2 Å². The second-order valence-corrected chi connectivity index (χ2v) is 9.34. The molecule has 1 aliphatic carbocycles. The number of methoxy groups -OCH3 is 1. The van der Waals surface area contributed by atoms with E-state index in [0.717, 1.165) is 40.4 Å². The van der Waals surface area contributed by atoms with Crippen molar-refractivity contribution in [2.45, 2.75) is 51.5 Å². The number of halogens is 1. The minimum Gasteiger partial charge on any atom is -0.490 e. The number of hydrogen-bond acceptors (Lipinski definition) is 6. The van der Waals surface area contributed by atoms with Crippen molar-refractivity contribution >= 4 is 28.9 Å². The molecule has 1 fully saturated rings. The lowest BCUT2D eigenvalue weighted by Crippen LogP contribution is -2.35. The number of carbonyl (C=O) groups is 1. The third kappa shape index (κ3) is 5.29. The van der Waals surface area contributed by atoms with Gasteiger partial charge in [-0.2, -0.15) is 5.10 Å². The highest BCUT2D eigenvalue weighted by molar-refractivity contribution is 7.13. The summed E-state index contributed by atoms with van der Waals surface area (Å²) in [5.41, 5.74) is 1.58. The molecule has 0 amide bonds. The van der Waals surface area contributed by atoms with E-state index in [1.54, 1.807) is 25.2 Å². The van der Waals surface area contributed by atoms with Gasteiger partial charge in [0.05, 0.1) is 42.6 Å². The molecule has 4 rings (SSSR count). The van der Waals surface area contributed by atoms with Gasteiger partial charge in [0.1, 0.15) is 5.75 Å². The summed E-state index contributed by atoms with van der Waals surface area (Å²) in [6, 6.07) is 11.8. The zero-order chi connectivity index (χ0) is 22.0. The maximum absolute atomic E-state index is 11.9. The topological polar surface area (TPSA) is 62.6 Å². The van der Waals surface area contributed by atoms with Gasteiger partial charge in [0.2, 0.25) is 0 Å². The first kappa shape index (κ1) is 21.9. The molecule has 1 aromatic carbocycles. The summed E-state index contributed by atoms with van der Waals surface area (Å²) in [6.07, 6.45) is 2.58. The molecule has 0 aliphatic heterocycles.